The van der Waals surface area contributed by atoms with E-state index in [2.05, 4.69) is 21.2 Å². The summed E-state index contributed by atoms with van der Waals surface area (Å²) in [5.41, 5.74) is 1.39. The summed E-state index contributed by atoms with van der Waals surface area (Å²) in [6.45, 7) is 6.44. The van der Waals surface area contributed by atoms with Gasteiger partial charge in [-0.2, -0.15) is 5.26 Å². The van der Waals surface area contributed by atoms with Crippen molar-refractivity contribution >= 4 is 23.4 Å². The lowest BCUT2D eigenvalue weighted by atomic mass is 9.78. The van der Waals surface area contributed by atoms with Crippen LogP contribution in [0.1, 0.15) is 64.4 Å². The first-order chi connectivity index (χ1) is 16.3. The minimum absolute atomic E-state index is 0.230. The van der Waals surface area contributed by atoms with Crippen LogP contribution in [-0.4, -0.2) is 60.4 Å². The molecule has 0 bridgehead atoms. The lowest BCUT2D eigenvalue weighted by Crippen LogP contribution is -2.50. The summed E-state index contributed by atoms with van der Waals surface area (Å²) < 4.78 is 5.17. The highest BCUT2D eigenvalue weighted by atomic mass is 16.5. The zero-order chi connectivity index (χ0) is 24.3. The maximum Gasteiger partial charge on any atom is 0.411 e. The highest BCUT2D eigenvalue weighted by Gasteiger charge is 2.50. The summed E-state index contributed by atoms with van der Waals surface area (Å²) in [6.07, 6.45) is 5.13. The van der Waals surface area contributed by atoms with Gasteiger partial charge in [-0.05, 0) is 69.1 Å². The van der Waals surface area contributed by atoms with E-state index in [-0.39, 0.29) is 24.0 Å². The highest BCUT2D eigenvalue weighted by Crippen LogP contribution is 2.44. The summed E-state index contributed by atoms with van der Waals surface area (Å²) in [7, 11) is 0. The first kappa shape index (κ1) is 24.3. The Bertz CT molecular complexity index is 951. The number of aliphatic hydroxyl groups excluding tert-OH is 1. The molecule has 2 N–H and O–H groups in total. The van der Waals surface area contributed by atoms with Crippen LogP contribution in [0.25, 0.3) is 0 Å². The number of carbonyl (C=O) groups is 2. The topological polar surface area (TPSA) is 106 Å². The second-order valence-corrected chi connectivity index (χ2v) is 10.5. The number of carbonyl (C=O) groups excluding carboxylic acids is 2. The molecular formula is C26H36N4O4. The van der Waals surface area contributed by atoms with Gasteiger partial charge in [0, 0.05) is 31.4 Å². The fourth-order valence-electron chi connectivity index (χ4n) is 5.66. The number of anilines is 2. The van der Waals surface area contributed by atoms with Crippen LogP contribution in [0, 0.1) is 22.7 Å². The van der Waals surface area contributed by atoms with Crippen LogP contribution in [0.2, 0.25) is 0 Å². The molecule has 0 radical (unpaired) electrons. The van der Waals surface area contributed by atoms with Gasteiger partial charge in [-0.3, -0.25) is 10.1 Å². The van der Waals surface area contributed by atoms with Crippen molar-refractivity contribution < 1.29 is 19.4 Å². The van der Waals surface area contributed by atoms with Gasteiger partial charge < -0.3 is 19.6 Å². The van der Waals surface area contributed by atoms with Gasteiger partial charge in [-0.25, -0.2) is 4.79 Å². The van der Waals surface area contributed by atoms with E-state index in [9.17, 15) is 20.0 Å². The normalized spacial score (nSPS) is 27.2. The number of nitriles is 1. The smallest absolute Gasteiger partial charge is 0.411 e. The van der Waals surface area contributed by atoms with Crippen LogP contribution in [0.5, 0.6) is 0 Å². The molecule has 4 rings (SSSR count). The Hall–Kier alpha value is -2.79. The molecule has 3 fully saturated rings. The van der Waals surface area contributed by atoms with Gasteiger partial charge in [0.05, 0.1) is 29.4 Å². The molecule has 1 aliphatic carbocycles. The maximum atomic E-state index is 13.6. The Morgan fingerprint density at radius 3 is 2.74 bits per heavy atom. The monoisotopic (exact) mass is 468 g/mol. The van der Waals surface area contributed by atoms with Gasteiger partial charge in [0.15, 0.2) is 0 Å². The summed E-state index contributed by atoms with van der Waals surface area (Å²) in [5, 5.41) is 22.3. The van der Waals surface area contributed by atoms with Crippen molar-refractivity contribution in [1.29, 1.82) is 5.26 Å². The van der Waals surface area contributed by atoms with Gasteiger partial charge in [-0.15, -0.1) is 0 Å². The van der Waals surface area contributed by atoms with Crippen molar-refractivity contribution in [2.75, 3.05) is 36.5 Å². The Kier molecular flexibility index (Phi) is 7.32. The van der Waals surface area contributed by atoms with Crippen LogP contribution < -0.4 is 10.2 Å². The molecule has 2 aliphatic heterocycles. The molecule has 3 aliphatic rings. The first-order valence-corrected chi connectivity index (χ1v) is 12.5. The van der Waals surface area contributed by atoms with Crippen LogP contribution in [0.4, 0.5) is 16.2 Å². The van der Waals surface area contributed by atoms with Crippen molar-refractivity contribution in [1.82, 2.24) is 4.90 Å². The number of nitrogens with one attached hydrogen (secondary N) is 1. The number of hydrogen-bond donors (Lipinski definition) is 2. The van der Waals surface area contributed by atoms with E-state index in [1.807, 2.05) is 19.9 Å². The molecule has 1 atom stereocenters. The van der Waals surface area contributed by atoms with Crippen LogP contribution in [0.15, 0.2) is 18.2 Å². The van der Waals surface area contributed by atoms with Gasteiger partial charge in [0.25, 0.3) is 0 Å². The predicted octanol–water partition coefficient (Wildman–Crippen LogP) is 3.89. The third kappa shape index (κ3) is 5.15. The van der Waals surface area contributed by atoms with Crippen molar-refractivity contribution in [3.63, 3.8) is 0 Å². The van der Waals surface area contributed by atoms with E-state index in [4.69, 9.17) is 4.74 Å². The molecule has 0 aromatic heterocycles. The standard InChI is InChI=1S/C26H36N4O4/c1-18(2)16-34-25(33)28-20-4-9-23(19(14-20)15-27)29-12-3-10-26(17-29)11-13-30(24(26)32)21-5-7-22(31)8-6-21/h4,9,14,18,21-22,31H,3,5-8,10-13,16-17H2,1-2H3,(H,28,33)/t21-,22-,26-/m0/s1. The van der Waals surface area contributed by atoms with E-state index in [1.165, 1.54) is 0 Å². The average molecular weight is 469 g/mol. The van der Waals surface area contributed by atoms with E-state index in [1.54, 1.807) is 12.1 Å². The second-order valence-electron chi connectivity index (χ2n) is 10.5. The predicted molar refractivity (Wildman–Crippen MR) is 129 cm³/mol. The Balaban J connectivity index is 1.45. The molecule has 0 unspecified atom stereocenters. The Morgan fingerprint density at radius 1 is 1.26 bits per heavy atom. The molecule has 2 saturated heterocycles. The van der Waals surface area contributed by atoms with Gasteiger partial charge >= 0.3 is 6.09 Å². The number of amides is 2. The molecular weight excluding hydrogens is 432 g/mol. The molecule has 184 valence electrons. The molecule has 1 spiro atoms. The zero-order valence-corrected chi connectivity index (χ0v) is 20.3. The highest BCUT2D eigenvalue weighted by molar-refractivity contribution is 5.87. The lowest BCUT2D eigenvalue weighted by Gasteiger charge is -2.41. The Labute approximate surface area is 201 Å². The van der Waals surface area contributed by atoms with Crippen molar-refractivity contribution in [3.8, 4) is 6.07 Å². The molecule has 2 heterocycles. The number of benzene rings is 1. The molecule has 8 heteroatoms. The van der Waals surface area contributed by atoms with Crippen molar-refractivity contribution in [2.24, 2.45) is 11.3 Å². The average Bonchev–Trinajstić information content (AvgIpc) is 3.13. The third-order valence-corrected chi connectivity index (χ3v) is 7.48. The number of rotatable bonds is 5. The first-order valence-electron chi connectivity index (χ1n) is 12.5. The molecule has 8 nitrogen and oxygen atoms in total. The summed E-state index contributed by atoms with van der Waals surface area (Å²) in [6, 6.07) is 7.80. The van der Waals surface area contributed by atoms with Gasteiger partial charge in [-0.1, -0.05) is 13.8 Å². The molecule has 34 heavy (non-hydrogen) atoms. The maximum absolute atomic E-state index is 13.6. The molecule has 2 amide bonds. The number of ether oxygens (including phenoxy) is 1. The number of likely N-dealkylation sites (tertiary alicyclic amines) is 1. The van der Waals surface area contributed by atoms with E-state index >= 15 is 0 Å². The Morgan fingerprint density at radius 2 is 2.03 bits per heavy atom. The summed E-state index contributed by atoms with van der Waals surface area (Å²) in [5.74, 6) is 0.483. The third-order valence-electron chi connectivity index (χ3n) is 7.48. The fourth-order valence-corrected chi connectivity index (χ4v) is 5.66. The molecule has 1 saturated carbocycles. The van der Waals surface area contributed by atoms with Gasteiger partial charge in [0.1, 0.15) is 6.07 Å². The van der Waals surface area contributed by atoms with Crippen molar-refractivity contribution in [3.05, 3.63) is 23.8 Å². The number of piperidine rings is 1. The number of aliphatic hydroxyl groups is 1. The van der Waals surface area contributed by atoms with E-state index in [0.29, 0.717) is 24.4 Å². The minimum Gasteiger partial charge on any atom is -0.449 e. The summed E-state index contributed by atoms with van der Waals surface area (Å²) >= 11 is 0. The van der Waals surface area contributed by atoms with E-state index in [0.717, 1.165) is 63.7 Å². The van der Waals surface area contributed by atoms with Crippen molar-refractivity contribution in [2.45, 2.75) is 70.9 Å². The SMILES string of the molecule is CC(C)COC(=O)Nc1ccc(N2CCC[C@]3(CCN([C@H]4CC[C@H](O)CC4)C3=O)C2)c(C#N)c1. The minimum atomic E-state index is -0.533. The second kappa shape index (κ2) is 10.2. The number of nitrogens with zero attached hydrogens (tertiary/aromatic N) is 3. The quantitative estimate of drug-likeness (QED) is 0.679. The van der Waals surface area contributed by atoms with Crippen LogP contribution >= 0.6 is 0 Å². The summed E-state index contributed by atoms with van der Waals surface area (Å²) in [4.78, 5) is 29.8. The van der Waals surface area contributed by atoms with Crippen LogP contribution in [-0.2, 0) is 9.53 Å². The fraction of sp³-hybridized carbons (Fsp3) is 0.654. The lowest BCUT2D eigenvalue weighted by molar-refractivity contribution is -0.139. The molecule has 1 aromatic rings. The zero-order valence-electron chi connectivity index (χ0n) is 20.3. The molecule has 1 aromatic carbocycles. The van der Waals surface area contributed by atoms with Gasteiger partial charge in [0.2, 0.25) is 5.91 Å². The van der Waals surface area contributed by atoms with E-state index < -0.39 is 11.5 Å². The largest absolute Gasteiger partial charge is 0.449 e. The number of hydrogen-bond acceptors (Lipinski definition) is 6. The van der Waals surface area contributed by atoms with Crippen LogP contribution in [0.3, 0.4) is 0 Å².